The van der Waals surface area contributed by atoms with Gasteiger partial charge in [0.05, 0.1) is 6.54 Å². The van der Waals surface area contributed by atoms with Crippen LogP contribution in [0, 0.1) is 0 Å². The molecule has 0 spiro atoms. The van der Waals surface area contributed by atoms with Crippen LogP contribution in [0.5, 0.6) is 0 Å². The molecule has 2 heterocycles. The first-order valence-electron chi connectivity index (χ1n) is 7.21. The van der Waals surface area contributed by atoms with Crippen molar-refractivity contribution in [3.05, 3.63) is 15.5 Å². The number of carboxylic acid groups (broad SMARTS) is 1. The molecule has 7 nitrogen and oxygen atoms in total. The molecular weight excluding hydrogens is 342 g/mol. The highest BCUT2D eigenvalue weighted by molar-refractivity contribution is 7.15. The summed E-state index contributed by atoms with van der Waals surface area (Å²) < 4.78 is 5.74. The van der Waals surface area contributed by atoms with Gasteiger partial charge >= 0.3 is 12.1 Å². The Bertz CT molecular complexity index is 587. The van der Waals surface area contributed by atoms with E-state index in [2.05, 4.69) is 4.98 Å². The van der Waals surface area contributed by atoms with Crippen LogP contribution in [-0.4, -0.2) is 63.2 Å². The molecule has 128 valence electrons. The molecular formula is C14H20ClN3O4S. The topological polar surface area (TPSA) is 83.0 Å². The Morgan fingerprint density at radius 2 is 2.17 bits per heavy atom. The molecule has 1 aromatic heterocycles. The number of carboxylic acids is 1. The van der Waals surface area contributed by atoms with Crippen LogP contribution in [0.1, 0.15) is 25.6 Å². The van der Waals surface area contributed by atoms with Crippen molar-refractivity contribution in [2.24, 2.45) is 0 Å². The SMILES string of the molecule is CC(C)(C)OC(=O)N1CCN(Cc2cnc(Cl)s2)C(C(=O)O)C1. The van der Waals surface area contributed by atoms with Crippen LogP contribution in [0.2, 0.25) is 4.47 Å². The van der Waals surface area contributed by atoms with Crippen LogP contribution in [0.25, 0.3) is 0 Å². The molecule has 0 aromatic carbocycles. The second-order valence-corrected chi connectivity index (χ2v) is 8.03. The zero-order valence-electron chi connectivity index (χ0n) is 13.3. The second kappa shape index (κ2) is 7.02. The number of thiazole rings is 1. The van der Waals surface area contributed by atoms with Gasteiger partial charge in [0.1, 0.15) is 11.6 Å². The van der Waals surface area contributed by atoms with Gasteiger partial charge in [0, 0.05) is 30.7 Å². The fraction of sp³-hybridized carbons (Fsp3) is 0.643. The minimum atomic E-state index is -0.964. The van der Waals surface area contributed by atoms with Crippen LogP contribution in [0.3, 0.4) is 0 Å². The number of carbonyl (C=O) groups is 2. The minimum Gasteiger partial charge on any atom is -0.480 e. The quantitative estimate of drug-likeness (QED) is 0.889. The van der Waals surface area contributed by atoms with Crippen LogP contribution in [0.4, 0.5) is 4.79 Å². The summed E-state index contributed by atoms with van der Waals surface area (Å²) in [5, 5.41) is 9.47. The molecule has 1 aliphatic heterocycles. The number of hydrogen-bond acceptors (Lipinski definition) is 6. The minimum absolute atomic E-state index is 0.0940. The number of amides is 1. The van der Waals surface area contributed by atoms with Crippen molar-refractivity contribution in [3.63, 3.8) is 0 Å². The van der Waals surface area contributed by atoms with E-state index in [1.807, 2.05) is 4.90 Å². The predicted octanol–water partition coefficient (Wildman–Crippen LogP) is 2.30. The van der Waals surface area contributed by atoms with Gasteiger partial charge in [0.15, 0.2) is 4.47 Å². The molecule has 1 atom stereocenters. The summed E-state index contributed by atoms with van der Waals surface area (Å²) in [5.74, 6) is -0.964. The lowest BCUT2D eigenvalue weighted by atomic mass is 10.1. The molecule has 9 heteroatoms. The van der Waals surface area contributed by atoms with E-state index in [-0.39, 0.29) is 6.54 Å². The summed E-state index contributed by atoms with van der Waals surface area (Å²) in [7, 11) is 0. The maximum absolute atomic E-state index is 12.1. The third-order valence-electron chi connectivity index (χ3n) is 3.31. The van der Waals surface area contributed by atoms with E-state index in [1.54, 1.807) is 27.0 Å². The number of carbonyl (C=O) groups excluding carboxylic acids is 1. The Labute approximate surface area is 143 Å². The van der Waals surface area contributed by atoms with Gasteiger partial charge in [-0.25, -0.2) is 9.78 Å². The largest absolute Gasteiger partial charge is 0.480 e. The molecule has 1 amide bonds. The molecule has 0 bridgehead atoms. The summed E-state index contributed by atoms with van der Waals surface area (Å²) in [6, 6.07) is -0.780. The van der Waals surface area contributed by atoms with Gasteiger partial charge in [-0.05, 0) is 20.8 Å². The first-order valence-corrected chi connectivity index (χ1v) is 8.40. The van der Waals surface area contributed by atoms with Gasteiger partial charge in [0.25, 0.3) is 0 Å². The average Bonchev–Trinajstić information content (AvgIpc) is 2.82. The lowest BCUT2D eigenvalue weighted by Crippen LogP contribution is -2.57. The van der Waals surface area contributed by atoms with Crippen molar-refractivity contribution in [3.8, 4) is 0 Å². The van der Waals surface area contributed by atoms with Crippen molar-refractivity contribution < 1.29 is 19.4 Å². The van der Waals surface area contributed by atoms with Gasteiger partial charge in [0.2, 0.25) is 0 Å². The monoisotopic (exact) mass is 361 g/mol. The summed E-state index contributed by atoms with van der Waals surface area (Å²) in [5.41, 5.74) is -0.605. The van der Waals surface area contributed by atoms with E-state index in [9.17, 15) is 14.7 Å². The molecule has 0 radical (unpaired) electrons. The van der Waals surface area contributed by atoms with Crippen LogP contribution in [0.15, 0.2) is 6.20 Å². The van der Waals surface area contributed by atoms with Crippen molar-refractivity contribution in [1.29, 1.82) is 0 Å². The second-order valence-electron chi connectivity index (χ2n) is 6.33. The maximum atomic E-state index is 12.1. The molecule has 0 aliphatic carbocycles. The van der Waals surface area contributed by atoms with Gasteiger partial charge in [-0.1, -0.05) is 11.6 Å². The number of aromatic nitrogens is 1. The van der Waals surface area contributed by atoms with Gasteiger partial charge < -0.3 is 14.7 Å². The molecule has 23 heavy (non-hydrogen) atoms. The Balaban J connectivity index is 2.03. The number of rotatable bonds is 3. The molecule has 1 unspecified atom stereocenters. The highest BCUT2D eigenvalue weighted by atomic mass is 35.5. The fourth-order valence-corrected chi connectivity index (χ4v) is 3.30. The first kappa shape index (κ1) is 18.0. The highest BCUT2D eigenvalue weighted by Crippen LogP contribution is 2.22. The molecule has 1 fully saturated rings. The van der Waals surface area contributed by atoms with Gasteiger partial charge in [-0.2, -0.15) is 0 Å². The lowest BCUT2D eigenvalue weighted by Gasteiger charge is -2.39. The summed E-state index contributed by atoms with van der Waals surface area (Å²) >= 11 is 7.13. The number of nitrogens with zero attached hydrogens (tertiary/aromatic N) is 3. The Morgan fingerprint density at radius 3 is 2.70 bits per heavy atom. The first-order chi connectivity index (χ1) is 10.7. The number of piperazine rings is 1. The molecule has 1 N–H and O–H groups in total. The number of aliphatic carboxylic acids is 1. The van der Waals surface area contributed by atoms with Crippen LogP contribution < -0.4 is 0 Å². The maximum Gasteiger partial charge on any atom is 0.410 e. The summed E-state index contributed by atoms with van der Waals surface area (Å²) in [6.07, 6.45) is 1.16. The van der Waals surface area contributed by atoms with E-state index in [4.69, 9.17) is 16.3 Å². The van der Waals surface area contributed by atoms with Crippen molar-refractivity contribution in [2.45, 2.75) is 39.0 Å². The van der Waals surface area contributed by atoms with Gasteiger partial charge in [-0.15, -0.1) is 11.3 Å². The third-order valence-corrected chi connectivity index (χ3v) is 4.41. The number of ether oxygens (including phenoxy) is 1. The van der Waals surface area contributed by atoms with Crippen molar-refractivity contribution in [1.82, 2.24) is 14.8 Å². The van der Waals surface area contributed by atoms with E-state index in [0.717, 1.165) is 4.88 Å². The van der Waals surface area contributed by atoms with E-state index in [1.165, 1.54) is 16.2 Å². The molecule has 2 rings (SSSR count). The Hall–Kier alpha value is -1.38. The zero-order valence-corrected chi connectivity index (χ0v) is 14.9. The van der Waals surface area contributed by atoms with E-state index < -0.39 is 23.7 Å². The number of hydrogen-bond donors (Lipinski definition) is 1. The average molecular weight is 362 g/mol. The van der Waals surface area contributed by atoms with E-state index in [0.29, 0.717) is 24.1 Å². The third kappa shape index (κ3) is 5.05. The lowest BCUT2D eigenvalue weighted by molar-refractivity contribution is -0.145. The molecule has 1 saturated heterocycles. The Morgan fingerprint density at radius 1 is 1.48 bits per heavy atom. The molecule has 1 aromatic rings. The smallest absolute Gasteiger partial charge is 0.410 e. The van der Waals surface area contributed by atoms with Crippen LogP contribution >= 0.6 is 22.9 Å². The Kier molecular flexibility index (Phi) is 5.49. The predicted molar refractivity (Wildman–Crippen MR) is 86.8 cm³/mol. The number of halogens is 1. The molecule has 0 saturated carbocycles. The fourth-order valence-electron chi connectivity index (χ4n) is 2.29. The van der Waals surface area contributed by atoms with Gasteiger partial charge in [-0.3, -0.25) is 9.69 Å². The summed E-state index contributed by atoms with van der Waals surface area (Å²) in [4.78, 5) is 31.8. The van der Waals surface area contributed by atoms with Crippen molar-refractivity contribution in [2.75, 3.05) is 19.6 Å². The molecule has 1 aliphatic rings. The van der Waals surface area contributed by atoms with Crippen molar-refractivity contribution >= 4 is 35.0 Å². The van der Waals surface area contributed by atoms with E-state index >= 15 is 0 Å². The summed E-state index contributed by atoms with van der Waals surface area (Å²) in [6.45, 7) is 6.76. The normalized spacial score (nSPS) is 19.7. The highest BCUT2D eigenvalue weighted by Gasteiger charge is 2.36. The zero-order chi connectivity index (χ0) is 17.2. The van der Waals surface area contributed by atoms with Crippen LogP contribution in [-0.2, 0) is 16.1 Å². The standard InChI is InChI=1S/C14H20ClN3O4S/c1-14(2,3)22-13(21)18-5-4-17(10(8-18)11(19)20)7-9-6-16-12(15)23-9/h6,10H,4-5,7-8H2,1-3H3,(H,19,20).